The molecule has 0 aliphatic rings. The Bertz CT molecular complexity index is 1050. The molecule has 0 amide bonds. The van der Waals surface area contributed by atoms with Crippen LogP contribution in [0.15, 0.2) is 17.1 Å². The van der Waals surface area contributed by atoms with E-state index in [4.69, 9.17) is 21.1 Å². The molecule has 0 aliphatic heterocycles. The maximum absolute atomic E-state index is 12.8. The topological polar surface area (TPSA) is 96.2 Å². The number of aromatic nitrogens is 4. The number of pyridine rings is 2. The molecule has 0 aliphatic carbocycles. The summed E-state index contributed by atoms with van der Waals surface area (Å²) in [5.41, 5.74) is 0.341. The lowest BCUT2D eigenvalue weighted by molar-refractivity contribution is 0.0524. The first-order valence-electron chi connectivity index (χ1n) is 7.67. The van der Waals surface area contributed by atoms with Crippen LogP contribution in [0.2, 0.25) is 5.15 Å². The molecule has 0 bridgehead atoms. The maximum atomic E-state index is 12.8. The molecule has 0 aromatic carbocycles. The first-order chi connectivity index (χ1) is 12.5. The molecule has 8 nitrogen and oxygen atoms in total. The highest BCUT2D eigenvalue weighted by molar-refractivity contribution is 7.08. The van der Waals surface area contributed by atoms with E-state index < -0.39 is 11.4 Å². The summed E-state index contributed by atoms with van der Waals surface area (Å²) in [4.78, 5) is 33.7. The average Bonchev–Trinajstić information content (AvgIpc) is 3.03. The van der Waals surface area contributed by atoms with Crippen molar-refractivity contribution in [3.05, 3.63) is 44.6 Å². The van der Waals surface area contributed by atoms with E-state index in [0.717, 1.165) is 11.5 Å². The third-order valence-corrected chi connectivity index (χ3v) is 4.50. The number of carbonyl (C=O) groups is 1. The molecule has 0 spiro atoms. The third kappa shape index (κ3) is 3.33. The van der Waals surface area contributed by atoms with Gasteiger partial charge in [0.05, 0.1) is 12.0 Å². The highest BCUT2D eigenvalue weighted by Gasteiger charge is 2.21. The van der Waals surface area contributed by atoms with Crippen LogP contribution in [0.3, 0.4) is 0 Å². The molecule has 0 atom stereocenters. The van der Waals surface area contributed by atoms with Gasteiger partial charge in [-0.1, -0.05) is 11.6 Å². The largest absolute Gasteiger partial charge is 0.462 e. The Kier molecular flexibility index (Phi) is 5.30. The van der Waals surface area contributed by atoms with Crippen molar-refractivity contribution >= 4 is 40.1 Å². The fourth-order valence-electron chi connectivity index (χ4n) is 2.49. The van der Waals surface area contributed by atoms with Gasteiger partial charge in [0, 0.05) is 24.8 Å². The fraction of sp³-hybridized carbons (Fsp3) is 0.312. The average molecular weight is 395 g/mol. The molecule has 3 heterocycles. The predicted octanol–water partition coefficient (Wildman–Crippen LogP) is 2.52. The van der Waals surface area contributed by atoms with E-state index in [2.05, 4.69) is 14.3 Å². The van der Waals surface area contributed by atoms with Gasteiger partial charge in [-0.05, 0) is 25.5 Å². The number of hydrogen-bond acceptors (Lipinski definition) is 8. The third-order valence-electron chi connectivity index (χ3n) is 3.56. The van der Waals surface area contributed by atoms with E-state index >= 15 is 0 Å². The summed E-state index contributed by atoms with van der Waals surface area (Å²) in [6.07, 6.45) is 1.36. The van der Waals surface area contributed by atoms with Gasteiger partial charge in [0.1, 0.15) is 17.3 Å². The molecule has 10 heteroatoms. The Labute approximate surface area is 157 Å². The van der Waals surface area contributed by atoms with Crippen molar-refractivity contribution in [2.75, 3.05) is 13.7 Å². The lowest BCUT2D eigenvalue weighted by atomic mass is 10.1. The van der Waals surface area contributed by atoms with E-state index in [9.17, 15) is 9.59 Å². The summed E-state index contributed by atoms with van der Waals surface area (Å²) in [6, 6.07) is 1.57. The molecular weight excluding hydrogens is 380 g/mol. The van der Waals surface area contributed by atoms with E-state index in [1.54, 1.807) is 27.0 Å². The molecule has 0 radical (unpaired) electrons. The van der Waals surface area contributed by atoms with Gasteiger partial charge in [-0.25, -0.2) is 14.8 Å². The Morgan fingerprint density at radius 1 is 1.38 bits per heavy atom. The standard InChI is InChI=1S/C16H15ClN4O4S/c1-4-25-15(23)9-6-21(16-19-11(7-24-3)20-26-16)14-12(13(9)22)8(2)5-10(17)18-14/h5-6H,4,7H2,1-3H3. The lowest BCUT2D eigenvalue weighted by Crippen LogP contribution is -2.21. The quantitative estimate of drug-likeness (QED) is 0.484. The lowest BCUT2D eigenvalue weighted by Gasteiger charge is -2.11. The molecule has 3 aromatic heterocycles. The minimum Gasteiger partial charge on any atom is -0.462 e. The summed E-state index contributed by atoms with van der Waals surface area (Å²) in [7, 11) is 1.54. The Balaban J connectivity index is 2.33. The summed E-state index contributed by atoms with van der Waals surface area (Å²) in [6.45, 7) is 3.80. The summed E-state index contributed by atoms with van der Waals surface area (Å²) in [5, 5.41) is 0.943. The molecule has 0 N–H and O–H groups in total. The molecule has 3 rings (SSSR count). The first kappa shape index (κ1) is 18.4. The number of methoxy groups -OCH3 is 1. The minimum absolute atomic E-state index is 0.102. The van der Waals surface area contributed by atoms with Crippen LogP contribution < -0.4 is 5.43 Å². The van der Waals surface area contributed by atoms with Gasteiger partial charge in [0.2, 0.25) is 10.6 Å². The number of fused-ring (bicyclic) bond motifs is 1. The summed E-state index contributed by atoms with van der Waals surface area (Å²) < 4.78 is 15.8. The second kappa shape index (κ2) is 7.48. The first-order valence-corrected chi connectivity index (χ1v) is 8.83. The zero-order chi connectivity index (χ0) is 18.8. The van der Waals surface area contributed by atoms with E-state index in [1.807, 2.05) is 0 Å². The minimum atomic E-state index is -0.705. The Hall–Kier alpha value is -2.36. The van der Waals surface area contributed by atoms with Crippen molar-refractivity contribution in [1.29, 1.82) is 0 Å². The van der Waals surface area contributed by atoms with Crippen LogP contribution in [0.25, 0.3) is 16.2 Å². The van der Waals surface area contributed by atoms with Crippen LogP contribution in [0.1, 0.15) is 28.7 Å². The van der Waals surface area contributed by atoms with Crippen molar-refractivity contribution in [2.45, 2.75) is 20.5 Å². The summed E-state index contributed by atoms with van der Waals surface area (Å²) >= 11 is 7.17. The second-order valence-electron chi connectivity index (χ2n) is 5.35. The smallest absolute Gasteiger partial charge is 0.343 e. The second-order valence-corrected chi connectivity index (χ2v) is 6.47. The van der Waals surface area contributed by atoms with Gasteiger partial charge in [0.15, 0.2) is 11.5 Å². The normalized spacial score (nSPS) is 11.1. The highest BCUT2D eigenvalue weighted by atomic mass is 35.5. The maximum Gasteiger partial charge on any atom is 0.343 e. The molecular formula is C16H15ClN4O4S. The van der Waals surface area contributed by atoms with Crippen LogP contribution >= 0.6 is 23.1 Å². The van der Waals surface area contributed by atoms with Gasteiger partial charge in [-0.2, -0.15) is 4.37 Å². The van der Waals surface area contributed by atoms with Gasteiger partial charge >= 0.3 is 5.97 Å². The van der Waals surface area contributed by atoms with Crippen LogP contribution in [-0.2, 0) is 16.1 Å². The van der Waals surface area contributed by atoms with E-state index in [1.165, 1.54) is 10.8 Å². The number of rotatable bonds is 5. The molecule has 0 fully saturated rings. The summed E-state index contributed by atoms with van der Waals surface area (Å²) in [5.74, 6) is -0.222. The van der Waals surface area contributed by atoms with Crippen LogP contribution in [0.4, 0.5) is 0 Å². The molecule has 26 heavy (non-hydrogen) atoms. The van der Waals surface area contributed by atoms with E-state index in [-0.39, 0.29) is 29.3 Å². The fourth-order valence-corrected chi connectivity index (χ4v) is 3.38. The van der Waals surface area contributed by atoms with Crippen LogP contribution in [0, 0.1) is 6.92 Å². The highest BCUT2D eigenvalue weighted by Crippen LogP contribution is 2.23. The van der Waals surface area contributed by atoms with Crippen molar-refractivity contribution in [3.8, 4) is 5.13 Å². The van der Waals surface area contributed by atoms with Crippen molar-refractivity contribution < 1.29 is 14.3 Å². The van der Waals surface area contributed by atoms with Gasteiger partial charge in [0.25, 0.3) is 0 Å². The predicted molar refractivity (Wildman–Crippen MR) is 97.2 cm³/mol. The van der Waals surface area contributed by atoms with Gasteiger partial charge in [-0.15, -0.1) is 0 Å². The molecule has 0 saturated heterocycles. The molecule has 136 valence electrons. The number of ether oxygens (including phenoxy) is 2. The number of halogens is 1. The van der Waals surface area contributed by atoms with Crippen molar-refractivity contribution in [1.82, 2.24) is 18.9 Å². The van der Waals surface area contributed by atoms with Gasteiger partial charge in [-0.3, -0.25) is 9.36 Å². The van der Waals surface area contributed by atoms with Crippen molar-refractivity contribution in [2.24, 2.45) is 0 Å². The monoisotopic (exact) mass is 394 g/mol. The van der Waals surface area contributed by atoms with E-state index in [0.29, 0.717) is 22.2 Å². The zero-order valence-electron chi connectivity index (χ0n) is 14.3. The number of esters is 1. The molecule has 0 saturated carbocycles. The number of nitrogens with zero attached hydrogens (tertiary/aromatic N) is 4. The number of carbonyl (C=O) groups excluding carboxylic acids is 1. The molecule has 0 unspecified atom stereocenters. The number of aryl methyl sites for hydroxylation is 1. The van der Waals surface area contributed by atoms with Crippen LogP contribution in [-0.4, -0.2) is 38.6 Å². The van der Waals surface area contributed by atoms with Crippen molar-refractivity contribution in [3.63, 3.8) is 0 Å². The van der Waals surface area contributed by atoms with Gasteiger partial charge < -0.3 is 9.47 Å². The SMILES string of the molecule is CCOC(=O)c1cn(-c2nc(COC)ns2)c2nc(Cl)cc(C)c2c1=O. The Morgan fingerprint density at radius 3 is 2.85 bits per heavy atom. The van der Waals surface area contributed by atoms with Crippen LogP contribution in [0.5, 0.6) is 0 Å². The molecule has 3 aromatic rings. The zero-order valence-corrected chi connectivity index (χ0v) is 15.8. The Morgan fingerprint density at radius 2 is 2.15 bits per heavy atom. The number of hydrogen-bond donors (Lipinski definition) is 0.